The second-order valence-corrected chi connectivity index (χ2v) is 6.39. The molecule has 1 unspecified atom stereocenters. The van der Waals surface area contributed by atoms with Gasteiger partial charge in [-0.2, -0.15) is 0 Å². The third kappa shape index (κ3) is 5.13. The van der Waals surface area contributed by atoms with Gasteiger partial charge in [-0.15, -0.1) is 0 Å². The average molecular weight is 375 g/mol. The van der Waals surface area contributed by atoms with Crippen molar-refractivity contribution in [1.29, 1.82) is 0 Å². The molecule has 2 aromatic rings. The highest BCUT2D eigenvalue weighted by Crippen LogP contribution is 2.15. The molecule has 136 valence electrons. The van der Waals surface area contributed by atoms with E-state index < -0.39 is 12.1 Å². The topological polar surface area (TPSA) is 85.4 Å². The lowest BCUT2D eigenvalue weighted by Crippen LogP contribution is -2.24. The molecular weight excluding hydrogens is 356 g/mol. The van der Waals surface area contributed by atoms with Gasteiger partial charge in [0.15, 0.2) is 6.10 Å². The first-order valence-electron chi connectivity index (χ1n) is 8.05. The molecule has 1 aromatic carbocycles. The fourth-order valence-electron chi connectivity index (χ4n) is 2.02. The fraction of sp³-hybridized carbons (Fsp3) is 0.263. The average Bonchev–Trinajstić information content (AvgIpc) is 2.62. The van der Waals surface area contributed by atoms with Gasteiger partial charge in [0, 0.05) is 23.4 Å². The first kappa shape index (κ1) is 19.6. The van der Waals surface area contributed by atoms with E-state index in [1.807, 2.05) is 0 Å². The fourth-order valence-corrected chi connectivity index (χ4v) is 2.13. The van der Waals surface area contributed by atoms with E-state index in [4.69, 9.17) is 16.3 Å². The zero-order valence-corrected chi connectivity index (χ0v) is 15.4. The lowest BCUT2D eigenvalue weighted by Gasteiger charge is -2.13. The number of hydrogen-bond donors (Lipinski definition) is 1. The van der Waals surface area contributed by atoms with Gasteiger partial charge in [0.1, 0.15) is 5.15 Å². The number of Topliss-reactive ketones (excluding diaryl/α,β-unsaturated/α-hetero) is 1. The molecule has 0 aliphatic carbocycles. The summed E-state index contributed by atoms with van der Waals surface area (Å²) >= 11 is 5.67. The number of halogens is 1. The molecule has 0 spiro atoms. The number of nitrogens with one attached hydrogen (secondary N) is 1. The maximum Gasteiger partial charge on any atom is 0.340 e. The van der Waals surface area contributed by atoms with E-state index >= 15 is 0 Å². The van der Waals surface area contributed by atoms with Gasteiger partial charge in [-0.05, 0) is 43.3 Å². The molecule has 1 atom stereocenters. The highest BCUT2D eigenvalue weighted by atomic mass is 35.5. The number of carbonyl (C=O) groups is 3. The van der Waals surface area contributed by atoms with Crippen LogP contribution in [0.4, 0.5) is 5.69 Å². The summed E-state index contributed by atoms with van der Waals surface area (Å²) in [5.74, 6) is -1.25. The van der Waals surface area contributed by atoms with Crippen LogP contribution in [0.2, 0.25) is 5.15 Å². The van der Waals surface area contributed by atoms with E-state index in [9.17, 15) is 14.4 Å². The smallest absolute Gasteiger partial charge is 0.340 e. The molecule has 1 heterocycles. The van der Waals surface area contributed by atoms with Crippen LogP contribution < -0.4 is 5.32 Å². The number of ether oxygens (including phenoxy) is 1. The van der Waals surface area contributed by atoms with Crippen molar-refractivity contribution in [3.8, 4) is 0 Å². The molecule has 0 radical (unpaired) electrons. The second kappa shape index (κ2) is 8.58. The molecule has 0 fully saturated rings. The zero-order chi connectivity index (χ0) is 19.3. The number of rotatable bonds is 6. The van der Waals surface area contributed by atoms with Gasteiger partial charge in [0.05, 0.1) is 5.56 Å². The van der Waals surface area contributed by atoms with E-state index in [2.05, 4.69) is 10.3 Å². The van der Waals surface area contributed by atoms with Crippen LogP contribution in [0.5, 0.6) is 0 Å². The van der Waals surface area contributed by atoms with Gasteiger partial charge < -0.3 is 10.1 Å². The number of benzene rings is 1. The van der Waals surface area contributed by atoms with Crippen LogP contribution in [0.25, 0.3) is 0 Å². The number of aromatic nitrogens is 1. The first-order chi connectivity index (χ1) is 12.3. The molecule has 0 aliphatic rings. The summed E-state index contributed by atoms with van der Waals surface area (Å²) in [5, 5.41) is 3.00. The Kier molecular flexibility index (Phi) is 6.46. The summed E-state index contributed by atoms with van der Waals surface area (Å²) in [6, 6.07) is 9.35. The number of pyridine rings is 1. The molecule has 1 N–H and O–H groups in total. The van der Waals surface area contributed by atoms with Crippen molar-refractivity contribution in [3.05, 3.63) is 58.9 Å². The Morgan fingerprint density at radius 3 is 2.15 bits per heavy atom. The number of nitrogens with zero attached hydrogens (tertiary/aromatic N) is 1. The quantitative estimate of drug-likeness (QED) is 0.472. The molecule has 6 nitrogen and oxygen atoms in total. The maximum absolute atomic E-state index is 12.4. The Hall–Kier alpha value is -2.73. The molecular formula is C19H19ClN2O4. The molecule has 26 heavy (non-hydrogen) atoms. The van der Waals surface area contributed by atoms with Gasteiger partial charge in [-0.1, -0.05) is 25.4 Å². The predicted octanol–water partition coefficient (Wildman–Crippen LogP) is 3.76. The van der Waals surface area contributed by atoms with Crippen LogP contribution in [0.3, 0.4) is 0 Å². The molecule has 0 saturated carbocycles. The molecule has 0 saturated heterocycles. The third-order valence-corrected chi connectivity index (χ3v) is 3.80. The van der Waals surface area contributed by atoms with Gasteiger partial charge in [-0.3, -0.25) is 9.59 Å². The molecule has 0 bridgehead atoms. The van der Waals surface area contributed by atoms with E-state index in [0.29, 0.717) is 11.3 Å². The van der Waals surface area contributed by atoms with Crippen LogP contribution in [0, 0.1) is 5.92 Å². The van der Waals surface area contributed by atoms with Crippen LogP contribution in [-0.2, 0) is 9.53 Å². The Bertz CT molecular complexity index is 801. The number of carbonyl (C=O) groups excluding carboxylic acids is 3. The Morgan fingerprint density at radius 2 is 1.62 bits per heavy atom. The highest BCUT2D eigenvalue weighted by molar-refractivity contribution is 6.29. The summed E-state index contributed by atoms with van der Waals surface area (Å²) in [4.78, 5) is 39.9. The Balaban J connectivity index is 2.00. The van der Waals surface area contributed by atoms with Crippen LogP contribution in [0.15, 0.2) is 42.6 Å². The summed E-state index contributed by atoms with van der Waals surface area (Å²) in [6.45, 7) is 5.08. The van der Waals surface area contributed by atoms with Crippen molar-refractivity contribution < 1.29 is 19.1 Å². The minimum atomic E-state index is -0.964. The molecule has 0 aliphatic heterocycles. The standard InChI is InChI=1S/C19H19ClN2O4/c1-11(2)18(24)22-15-7-4-13(5-8-15)17(23)12(3)26-19(25)14-6-9-16(20)21-10-14/h4-12H,1-3H3,(H,22,24). The summed E-state index contributed by atoms with van der Waals surface area (Å²) in [5.41, 5.74) is 1.18. The SMILES string of the molecule is CC(C)C(=O)Nc1ccc(C(=O)C(C)OC(=O)c2ccc(Cl)nc2)cc1. The van der Waals surface area contributed by atoms with Gasteiger partial charge in [-0.25, -0.2) is 9.78 Å². The summed E-state index contributed by atoms with van der Waals surface area (Å²) in [6.07, 6.45) is 0.322. The number of ketones is 1. The second-order valence-electron chi connectivity index (χ2n) is 6.00. The number of amides is 1. The molecule has 1 aromatic heterocycles. The number of esters is 1. The lowest BCUT2D eigenvalue weighted by atomic mass is 10.1. The van der Waals surface area contributed by atoms with Gasteiger partial charge in [0.2, 0.25) is 11.7 Å². The third-order valence-electron chi connectivity index (χ3n) is 3.58. The normalized spacial score (nSPS) is 11.7. The number of anilines is 1. The van der Waals surface area contributed by atoms with Crippen molar-refractivity contribution >= 4 is 34.9 Å². The van der Waals surface area contributed by atoms with Crippen LogP contribution in [-0.4, -0.2) is 28.7 Å². The van der Waals surface area contributed by atoms with Crippen LogP contribution in [0.1, 0.15) is 41.5 Å². The molecule has 7 heteroatoms. The molecule has 2 rings (SSSR count). The van der Waals surface area contributed by atoms with Crippen molar-refractivity contribution in [2.45, 2.75) is 26.9 Å². The number of hydrogen-bond acceptors (Lipinski definition) is 5. The minimum Gasteiger partial charge on any atom is -0.451 e. The first-order valence-corrected chi connectivity index (χ1v) is 8.43. The largest absolute Gasteiger partial charge is 0.451 e. The van der Waals surface area contributed by atoms with Crippen molar-refractivity contribution in [1.82, 2.24) is 4.98 Å². The zero-order valence-electron chi connectivity index (χ0n) is 14.7. The molecule has 1 amide bonds. The van der Waals surface area contributed by atoms with Gasteiger partial charge in [0.25, 0.3) is 0 Å². The van der Waals surface area contributed by atoms with E-state index in [-0.39, 0.29) is 28.3 Å². The minimum absolute atomic E-state index is 0.108. The highest BCUT2D eigenvalue weighted by Gasteiger charge is 2.20. The van der Waals surface area contributed by atoms with Crippen molar-refractivity contribution in [2.24, 2.45) is 5.92 Å². The van der Waals surface area contributed by atoms with Crippen LogP contribution >= 0.6 is 11.6 Å². The lowest BCUT2D eigenvalue weighted by molar-refractivity contribution is -0.118. The monoisotopic (exact) mass is 374 g/mol. The summed E-state index contributed by atoms with van der Waals surface area (Å²) < 4.78 is 5.18. The van der Waals surface area contributed by atoms with Crippen molar-refractivity contribution in [3.63, 3.8) is 0 Å². The maximum atomic E-state index is 12.4. The predicted molar refractivity (Wildman–Crippen MR) is 98.4 cm³/mol. The summed E-state index contributed by atoms with van der Waals surface area (Å²) in [7, 11) is 0. The van der Waals surface area contributed by atoms with Gasteiger partial charge >= 0.3 is 5.97 Å². The Morgan fingerprint density at radius 1 is 1.00 bits per heavy atom. The van der Waals surface area contributed by atoms with E-state index in [0.717, 1.165) is 0 Å². The van der Waals surface area contributed by atoms with E-state index in [1.165, 1.54) is 25.3 Å². The Labute approximate surface area is 156 Å². The van der Waals surface area contributed by atoms with E-state index in [1.54, 1.807) is 38.1 Å². The van der Waals surface area contributed by atoms with Crippen molar-refractivity contribution in [2.75, 3.05) is 5.32 Å².